The summed E-state index contributed by atoms with van der Waals surface area (Å²) >= 11 is 0. The van der Waals surface area contributed by atoms with Crippen LogP contribution >= 0.6 is 0 Å². The second-order valence-electron chi connectivity index (χ2n) is 6.47. The highest BCUT2D eigenvalue weighted by Crippen LogP contribution is 2.34. The lowest BCUT2D eigenvalue weighted by atomic mass is 10.0. The Kier molecular flexibility index (Phi) is 3.45. The fourth-order valence-corrected chi connectivity index (χ4v) is 4.06. The molecule has 0 N–H and O–H groups in total. The van der Waals surface area contributed by atoms with E-state index in [0.29, 0.717) is 23.4 Å². The molecule has 5 nitrogen and oxygen atoms in total. The van der Waals surface area contributed by atoms with E-state index >= 15 is 0 Å². The van der Waals surface area contributed by atoms with Crippen LogP contribution in [0.5, 0.6) is 11.5 Å². The Hall–Kier alpha value is -1.75. The number of ether oxygens (including phenoxy) is 2. The maximum absolute atomic E-state index is 12.9. The number of nitrogens with zero attached hydrogens (tertiary/aromatic N) is 2. The molecule has 0 aromatic heterocycles. The van der Waals surface area contributed by atoms with E-state index in [1.54, 1.807) is 0 Å². The van der Waals surface area contributed by atoms with Crippen molar-refractivity contribution >= 4 is 5.91 Å². The molecular weight excluding hydrogens is 280 g/mol. The molecule has 22 heavy (non-hydrogen) atoms. The maximum Gasteiger partial charge on any atom is 0.254 e. The van der Waals surface area contributed by atoms with Crippen LogP contribution in [0.4, 0.5) is 0 Å². The molecule has 3 heterocycles. The first-order valence-electron chi connectivity index (χ1n) is 8.15. The first-order chi connectivity index (χ1) is 10.7. The van der Waals surface area contributed by atoms with Crippen LogP contribution in [0.25, 0.3) is 0 Å². The second-order valence-corrected chi connectivity index (χ2v) is 6.47. The number of likely N-dealkylation sites (tertiary alicyclic amines) is 2. The van der Waals surface area contributed by atoms with Crippen LogP contribution in [0.15, 0.2) is 18.2 Å². The van der Waals surface area contributed by atoms with E-state index in [2.05, 4.69) is 16.8 Å². The number of hydrogen-bond donors (Lipinski definition) is 0. The normalized spacial score (nSPS) is 27.6. The van der Waals surface area contributed by atoms with Gasteiger partial charge in [0, 0.05) is 24.2 Å². The zero-order chi connectivity index (χ0) is 15.1. The van der Waals surface area contributed by atoms with Gasteiger partial charge in [-0.25, -0.2) is 0 Å². The van der Waals surface area contributed by atoms with Crippen molar-refractivity contribution in [2.75, 3.05) is 26.9 Å². The van der Waals surface area contributed by atoms with Crippen LogP contribution in [0.2, 0.25) is 0 Å². The molecule has 2 saturated heterocycles. The summed E-state index contributed by atoms with van der Waals surface area (Å²) in [5, 5.41) is 0. The standard InChI is InChI=1S/C17H22N2O3/c1-18-8-2-4-13(18)14-5-3-9-19(14)17(20)12-6-7-15-16(10-12)22-11-21-15/h6-7,10,13-14H,2-5,8-9,11H2,1H3/t13-,14-/m0/s1. The second kappa shape index (κ2) is 5.47. The van der Waals surface area contributed by atoms with Gasteiger partial charge in [-0.2, -0.15) is 0 Å². The van der Waals surface area contributed by atoms with Crippen LogP contribution in [0.3, 0.4) is 0 Å². The quantitative estimate of drug-likeness (QED) is 0.839. The molecule has 5 heteroatoms. The van der Waals surface area contributed by atoms with Gasteiger partial charge >= 0.3 is 0 Å². The lowest BCUT2D eigenvalue weighted by Gasteiger charge is -2.33. The van der Waals surface area contributed by atoms with Gasteiger partial charge in [0.05, 0.1) is 0 Å². The minimum absolute atomic E-state index is 0.126. The lowest BCUT2D eigenvalue weighted by molar-refractivity contribution is 0.0664. The fourth-order valence-electron chi connectivity index (χ4n) is 4.06. The molecular formula is C17H22N2O3. The molecule has 1 amide bonds. The molecule has 2 atom stereocenters. The predicted molar refractivity (Wildman–Crippen MR) is 82.3 cm³/mol. The summed E-state index contributed by atoms with van der Waals surface area (Å²) in [6.07, 6.45) is 4.66. The van der Waals surface area contributed by atoms with Crippen LogP contribution in [-0.4, -0.2) is 54.7 Å². The number of likely N-dealkylation sites (N-methyl/N-ethyl adjacent to an activating group) is 1. The number of amides is 1. The molecule has 1 aromatic carbocycles. The van der Waals surface area contributed by atoms with Gasteiger partial charge in [0.15, 0.2) is 11.5 Å². The first-order valence-corrected chi connectivity index (χ1v) is 8.15. The Morgan fingerprint density at radius 1 is 1.09 bits per heavy atom. The number of carbonyl (C=O) groups excluding carboxylic acids is 1. The van der Waals surface area contributed by atoms with Crippen LogP contribution in [0, 0.1) is 0 Å². The Morgan fingerprint density at radius 3 is 2.68 bits per heavy atom. The fraction of sp³-hybridized carbons (Fsp3) is 0.588. The highest BCUT2D eigenvalue weighted by atomic mass is 16.7. The largest absolute Gasteiger partial charge is 0.454 e. The third-order valence-corrected chi connectivity index (χ3v) is 5.20. The third kappa shape index (κ3) is 2.24. The van der Waals surface area contributed by atoms with Gasteiger partial charge in [-0.3, -0.25) is 4.79 Å². The number of hydrogen-bond acceptors (Lipinski definition) is 4. The molecule has 1 aromatic rings. The van der Waals surface area contributed by atoms with Gasteiger partial charge in [-0.15, -0.1) is 0 Å². The molecule has 0 saturated carbocycles. The number of rotatable bonds is 2. The average molecular weight is 302 g/mol. The van der Waals surface area contributed by atoms with Gasteiger partial charge in [0.1, 0.15) is 0 Å². The van der Waals surface area contributed by atoms with Gasteiger partial charge in [0.25, 0.3) is 5.91 Å². The van der Waals surface area contributed by atoms with E-state index in [1.807, 2.05) is 18.2 Å². The van der Waals surface area contributed by atoms with Crippen molar-refractivity contribution < 1.29 is 14.3 Å². The van der Waals surface area contributed by atoms with E-state index in [9.17, 15) is 4.79 Å². The van der Waals surface area contributed by atoms with Gasteiger partial charge in [0.2, 0.25) is 6.79 Å². The topological polar surface area (TPSA) is 42.0 Å². The summed E-state index contributed by atoms with van der Waals surface area (Å²) in [4.78, 5) is 17.4. The minimum Gasteiger partial charge on any atom is -0.454 e. The summed E-state index contributed by atoms with van der Waals surface area (Å²) in [6.45, 7) is 2.25. The molecule has 3 aliphatic rings. The van der Waals surface area contributed by atoms with Crippen LogP contribution in [0.1, 0.15) is 36.0 Å². The van der Waals surface area contributed by atoms with E-state index in [1.165, 1.54) is 12.8 Å². The molecule has 4 rings (SSSR count). The third-order valence-electron chi connectivity index (χ3n) is 5.20. The molecule has 0 bridgehead atoms. The predicted octanol–water partition coefficient (Wildman–Crippen LogP) is 2.11. The summed E-state index contributed by atoms with van der Waals surface area (Å²) < 4.78 is 10.7. The van der Waals surface area contributed by atoms with E-state index in [4.69, 9.17) is 9.47 Å². The monoisotopic (exact) mass is 302 g/mol. The average Bonchev–Trinajstić information content (AvgIpc) is 3.25. The molecule has 118 valence electrons. The number of benzene rings is 1. The van der Waals surface area contributed by atoms with Gasteiger partial charge in [-0.05, 0) is 57.5 Å². The molecule has 0 radical (unpaired) electrons. The van der Waals surface area contributed by atoms with Gasteiger partial charge in [-0.1, -0.05) is 0 Å². The zero-order valence-corrected chi connectivity index (χ0v) is 13.0. The Morgan fingerprint density at radius 2 is 1.86 bits per heavy atom. The van der Waals surface area contributed by atoms with Crippen molar-refractivity contribution in [2.45, 2.75) is 37.8 Å². The molecule has 0 aliphatic carbocycles. The van der Waals surface area contributed by atoms with Crippen molar-refractivity contribution in [3.8, 4) is 11.5 Å². The molecule has 2 fully saturated rings. The van der Waals surface area contributed by atoms with E-state index < -0.39 is 0 Å². The van der Waals surface area contributed by atoms with E-state index in [0.717, 1.165) is 31.7 Å². The van der Waals surface area contributed by atoms with Crippen molar-refractivity contribution in [3.63, 3.8) is 0 Å². The summed E-state index contributed by atoms with van der Waals surface area (Å²) in [7, 11) is 2.18. The maximum atomic E-state index is 12.9. The highest BCUT2D eigenvalue weighted by Gasteiger charge is 2.38. The van der Waals surface area contributed by atoms with Crippen molar-refractivity contribution in [2.24, 2.45) is 0 Å². The van der Waals surface area contributed by atoms with E-state index in [-0.39, 0.29) is 12.7 Å². The van der Waals surface area contributed by atoms with Crippen molar-refractivity contribution in [1.82, 2.24) is 9.80 Å². The van der Waals surface area contributed by atoms with Crippen LogP contribution < -0.4 is 9.47 Å². The number of fused-ring (bicyclic) bond motifs is 1. The van der Waals surface area contributed by atoms with Gasteiger partial charge < -0.3 is 19.3 Å². The Bertz CT molecular complexity index is 589. The SMILES string of the molecule is CN1CCC[C@H]1[C@@H]1CCCN1C(=O)c1ccc2c(c1)OCO2. The van der Waals surface area contributed by atoms with Crippen LogP contribution in [-0.2, 0) is 0 Å². The molecule has 3 aliphatic heterocycles. The minimum atomic E-state index is 0.126. The summed E-state index contributed by atoms with van der Waals surface area (Å²) in [5.41, 5.74) is 0.705. The molecule has 0 spiro atoms. The first kappa shape index (κ1) is 13.9. The molecule has 0 unspecified atom stereocenters. The van der Waals surface area contributed by atoms with Crippen molar-refractivity contribution in [1.29, 1.82) is 0 Å². The number of carbonyl (C=O) groups is 1. The highest BCUT2D eigenvalue weighted by molar-refractivity contribution is 5.95. The summed E-state index contributed by atoms with van der Waals surface area (Å²) in [6, 6.07) is 6.37. The zero-order valence-electron chi connectivity index (χ0n) is 13.0. The summed E-state index contributed by atoms with van der Waals surface area (Å²) in [5.74, 6) is 1.53. The van der Waals surface area contributed by atoms with Crippen molar-refractivity contribution in [3.05, 3.63) is 23.8 Å². The Labute approximate surface area is 130 Å². The smallest absolute Gasteiger partial charge is 0.254 e. The lowest BCUT2D eigenvalue weighted by Crippen LogP contribution is -2.47. The Balaban J connectivity index is 1.56.